The average Bonchev–Trinajstić information content (AvgIpc) is 2.19. The lowest BCUT2D eigenvalue weighted by molar-refractivity contribution is -0.00438. The van der Waals surface area contributed by atoms with Crippen LogP contribution in [-0.2, 0) is 4.74 Å². The maximum atomic E-state index is 5.45. The Morgan fingerprint density at radius 2 is 2.38 bits per heavy atom. The van der Waals surface area contributed by atoms with Crippen molar-refractivity contribution in [1.82, 2.24) is 5.43 Å². The lowest BCUT2D eigenvalue weighted by Gasteiger charge is -2.21. The highest BCUT2D eigenvalue weighted by Crippen LogP contribution is 2.09. The second kappa shape index (κ2) is 5.75. The Bertz CT molecular complexity index is 193. The van der Waals surface area contributed by atoms with Crippen LogP contribution in [0.4, 0.5) is 0 Å². The molecule has 1 unspecified atom stereocenters. The SMILES string of the molecule is C/C=C(C)\C=N/NC1CCCCO1. The van der Waals surface area contributed by atoms with E-state index >= 15 is 0 Å². The smallest absolute Gasteiger partial charge is 0.142 e. The normalized spacial score (nSPS) is 25.1. The second-order valence-electron chi connectivity index (χ2n) is 3.28. The van der Waals surface area contributed by atoms with Crippen LogP contribution in [-0.4, -0.2) is 19.0 Å². The number of hydrogen-bond donors (Lipinski definition) is 1. The number of ether oxygens (including phenoxy) is 1. The third-order valence-electron chi connectivity index (χ3n) is 2.12. The molecule has 0 aromatic carbocycles. The minimum absolute atomic E-state index is 0.120. The summed E-state index contributed by atoms with van der Waals surface area (Å²) in [5.74, 6) is 0. The van der Waals surface area contributed by atoms with E-state index in [2.05, 4.69) is 10.5 Å². The van der Waals surface area contributed by atoms with Gasteiger partial charge in [0.1, 0.15) is 6.23 Å². The molecule has 1 heterocycles. The van der Waals surface area contributed by atoms with E-state index in [0.717, 1.165) is 18.6 Å². The first-order chi connectivity index (χ1) is 6.33. The lowest BCUT2D eigenvalue weighted by atomic mass is 10.2. The van der Waals surface area contributed by atoms with E-state index in [9.17, 15) is 0 Å². The zero-order valence-corrected chi connectivity index (χ0v) is 8.42. The van der Waals surface area contributed by atoms with Crippen molar-refractivity contribution in [3.63, 3.8) is 0 Å². The molecular formula is C10H18N2O. The number of nitrogens with one attached hydrogen (secondary N) is 1. The van der Waals surface area contributed by atoms with E-state index in [4.69, 9.17) is 4.74 Å². The molecular weight excluding hydrogens is 164 g/mol. The maximum Gasteiger partial charge on any atom is 0.142 e. The van der Waals surface area contributed by atoms with Crippen LogP contribution >= 0.6 is 0 Å². The van der Waals surface area contributed by atoms with Crippen molar-refractivity contribution < 1.29 is 4.74 Å². The van der Waals surface area contributed by atoms with Crippen LogP contribution in [0.15, 0.2) is 16.8 Å². The second-order valence-corrected chi connectivity index (χ2v) is 3.28. The fraction of sp³-hybridized carbons (Fsp3) is 0.700. The average molecular weight is 182 g/mol. The molecule has 1 aliphatic rings. The number of rotatable bonds is 3. The molecule has 0 aliphatic carbocycles. The van der Waals surface area contributed by atoms with Gasteiger partial charge < -0.3 is 4.74 Å². The Morgan fingerprint density at radius 3 is 3.00 bits per heavy atom. The van der Waals surface area contributed by atoms with Gasteiger partial charge in [0.15, 0.2) is 0 Å². The zero-order valence-electron chi connectivity index (χ0n) is 8.42. The highest BCUT2D eigenvalue weighted by Gasteiger charge is 2.11. The Kier molecular flexibility index (Phi) is 4.54. The molecule has 0 aromatic rings. The number of hydrogen-bond acceptors (Lipinski definition) is 3. The van der Waals surface area contributed by atoms with E-state index < -0.39 is 0 Å². The third-order valence-corrected chi connectivity index (χ3v) is 2.12. The van der Waals surface area contributed by atoms with Gasteiger partial charge >= 0.3 is 0 Å². The van der Waals surface area contributed by atoms with Gasteiger partial charge in [0.25, 0.3) is 0 Å². The van der Waals surface area contributed by atoms with Crippen molar-refractivity contribution in [3.05, 3.63) is 11.6 Å². The predicted octanol–water partition coefficient (Wildman–Crippen LogP) is 2.05. The van der Waals surface area contributed by atoms with E-state index in [-0.39, 0.29) is 6.23 Å². The molecule has 1 fully saturated rings. The molecule has 1 aliphatic heterocycles. The quantitative estimate of drug-likeness (QED) is 0.535. The molecule has 1 N–H and O–H groups in total. The van der Waals surface area contributed by atoms with Crippen molar-refractivity contribution in [2.45, 2.75) is 39.3 Å². The van der Waals surface area contributed by atoms with Crippen LogP contribution in [0.1, 0.15) is 33.1 Å². The molecule has 0 aromatic heterocycles. The first kappa shape index (κ1) is 10.3. The number of allylic oxidation sites excluding steroid dienone is 2. The highest BCUT2D eigenvalue weighted by atomic mass is 16.5. The fourth-order valence-corrected chi connectivity index (χ4v) is 1.14. The number of hydrazone groups is 1. The van der Waals surface area contributed by atoms with Crippen LogP contribution in [0, 0.1) is 0 Å². The summed E-state index contributed by atoms with van der Waals surface area (Å²) in [6, 6.07) is 0. The molecule has 1 saturated heterocycles. The summed E-state index contributed by atoms with van der Waals surface area (Å²) in [5.41, 5.74) is 4.15. The molecule has 3 heteroatoms. The van der Waals surface area contributed by atoms with Crippen molar-refractivity contribution in [2.24, 2.45) is 5.10 Å². The predicted molar refractivity (Wildman–Crippen MR) is 54.6 cm³/mol. The number of nitrogens with zero attached hydrogens (tertiary/aromatic N) is 1. The van der Waals surface area contributed by atoms with Crippen LogP contribution in [0.5, 0.6) is 0 Å². The molecule has 1 rings (SSSR count). The van der Waals surface area contributed by atoms with Crippen molar-refractivity contribution in [1.29, 1.82) is 0 Å². The summed E-state index contributed by atoms with van der Waals surface area (Å²) in [4.78, 5) is 0. The van der Waals surface area contributed by atoms with Gasteiger partial charge in [0.2, 0.25) is 0 Å². The van der Waals surface area contributed by atoms with Gasteiger partial charge in [-0.15, -0.1) is 0 Å². The zero-order chi connectivity index (χ0) is 9.52. The summed E-state index contributed by atoms with van der Waals surface area (Å²) in [7, 11) is 0. The van der Waals surface area contributed by atoms with Crippen molar-refractivity contribution in [2.75, 3.05) is 6.61 Å². The highest BCUT2D eigenvalue weighted by molar-refractivity contribution is 5.77. The van der Waals surface area contributed by atoms with Gasteiger partial charge in [-0.25, -0.2) is 0 Å². The Labute approximate surface area is 79.9 Å². The van der Waals surface area contributed by atoms with Crippen LogP contribution in [0.3, 0.4) is 0 Å². The lowest BCUT2D eigenvalue weighted by Crippen LogP contribution is -2.31. The standard InChI is InChI=1S/C10H18N2O/c1-3-9(2)8-11-12-10-6-4-5-7-13-10/h3,8,10,12H,4-7H2,1-2H3/b9-3-,11-8-. The van der Waals surface area contributed by atoms with Gasteiger partial charge in [-0.1, -0.05) is 6.08 Å². The minimum Gasteiger partial charge on any atom is -0.357 e. The third kappa shape index (κ3) is 4.08. The summed E-state index contributed by atoms with van der Waals surface area (Å²) in [5, 5.41) is 4.10. The molecule has 0 radical (unpaired) electrons. The van der Waals surface area contributed by atoms with E-state index in [1.807, 2.05) is 26.1 Å². The Hall–Kier alpha value is -0.830. The molecule has 0 saturated carbocycles. The molecule has 13 heavy (non-hydrogen) atoms. The Morgan fingerprint density at radius 1 is 1.54 bits per heavy atom. The monoisotopic (exact) mass is 182 g/mol. The maximum absolute atomic E-state index is 5.45. The minimum atomic E-state index is 0.120. The van der Waals surface area contributed by atoms with Crippen molar-refractivity contribution in [3.8, 4) is 0 Å². The van der Waals surface area contributed by atoms with Gasteiger partial charge in [0, 0.05) is 12.8 Å². The molecule has 0 spiro atoms. The van der Waals surface area contributed by atoms with E-state index in [1.165, 1.54) is 12.8 Å². The first-order valence-corrected chi connectivity index (χ1v) is 4.86. The van der Waals surface area contributed by atoms with Crippen LogP contribution in [0.2, 0.25) is 0 Å². The topological polar surface area (TPSA) is 33.6 Å². The molecule has 3 nitrogen and oxygen atoms in total. The molecule has 74 valence electrons. The van der Waals surface area contributed by atoms with Gasteiger partial charge in [-0.2, -0.15) is 5.10 Å². The van der Waals surface area contributed by atoms with E-state index in [0.29, 0.717) is 0 Å². The van der Waals surface area contributed by atoms with Crippen LogP contribution in [0.25, 0.3) is 0 Å². The summed E-state index contributed by atoms with van der Waals surface area (Å²) >= 11 is 0. The summed E-state index contributed by atoms with van der Waals surface area (Å²) < 4.78 is 5.45. The van der Waals surface area contributed by atoms with Crippen LogP contribution < -0.4 is 5.43 Å². The van der Waals surface area contributed by atoms with Gasteiger partial charge in [0.05, 0.1) is 0 Å². The first-order valence-electron chi connectivity index (χ1n) is 4.86. The molecule has 0 amide bonds. The van der Waals surface area contributed by atoms with Gasteiger partial charge in [-0.3, -0.25) is 5.43 Å². The molecule has 0 bridgehead atoms. The van der Waals surface area contributed by atoms with E-state index in [1.54, 1.807) is 0 Å². The summed E-state index contributed by atoms with van der Waals surface area (Å²) in [6.07, 6.45) is 7.43. The molecule has 1 atom stereocenters. The Balaban J connectivity index is 2.20. The fourth-order valence-electron chi connectivity index (χ4n) is 1.14. The summed E-state index contributed by atoms with van der Waals surface area (Å²) in [6.45, 7) is 4.88. The largest absolute Gasteiger partial charge is 0.357 e. The van der Waals surface area contributed by atoms with Crippen molar-refractivity contribution >= 4 is 6.21 Å². The van der Waals surface area contributed by atoms with Gasteiger partial charge in [-0.05, 0) is 38.7 Å².